The molecule has 0 nitrogen and oxygen atoms in total. The molecule has 1 heteroatoms. The van der Waals surface area contributed by atoms with Gasteiger partial charge >= 0.3 is 18.9 Å². The van der Waals surface area contributed by atoms with Crippen LogP contribution in [-0.4, -0.2) is 0 Å². The molecule has 0 aromatic rings. The van der Waals surface area contributed by atoms with Crippen LogP contribution in [0.3, 0.4) is 0 Å². The molecular formula is C9H17Li. The molecule has 0 aromatic heterocycles. The van der Waals surface area contributed by atoms with Crippen LogP contribution in [0.2, 0.25) is 0 Å². The van der Waals surface area contributed by atoms with Crippen molar-refractivity contribution in [3.05, 3.63) is 6.92 Å². The maximum absolute atomic E-state index is 4.07. The summed E-state index contributed by atoms with van der Waals surface area (Å²) in [7, 11) is 0. The van der Waals surface area contributed by atoms with Crippen molar-refractivity contribution in [2.45, 2.75) is 39.0 Å². The van der Waals surface area contributed by atoms with Crippen LogP contribution in [-0.2, 0) is 0 Å². The predicted molar refractivity (Wildman–Crippen MR) is 41.1 cm³/mol. The van der Waals surface area contributed by atoms with E-state index < -0.39 is 0 Å². The Kier molecular flexibility index (Phi) is 5.59. The van der Waals surface area contributed by atoms with E-state index >= 15 is 0 Å². The molecule has 1 aliphatic carbocycles. The minimum absolute atomic E-state index is 0. The van der Waals surface area contributed by atoms with Crippen molar-refractivity contribution in [3.8, 4) is 0 Å². The molecule has 0 aliphatic heterocycles. The summed E-state index contributed by atoms with van der Waals surface area (Å²) in [6, 6.07) is 0. The van der Waals surface area contributed by atoms with Crippen molar-refractivity contribution in [1.82, 2.24) is 0 Å². The van der Waals surface area contributed by atoms with E-state index in [-0.39, 0.29) is 18.9 Å². The van der Waals surface area contributed by atoms with Crippen LogP contribution in [0.4, 0.5) is 0 Å². The monoisotopic (exact) mass is 132 g/mol. The summed E-state index contributed by atoms with van der Waals surface area (Å²) >= 11 is 0. The van der Waals surface area contributed by atoms with E-state index in [4.69, 9.17) is 0 Å². The van der Waals surface area contributed by atoms with Gasteiger partial charge in [-0.3, -0.25) is 0 Å². The molecule has 0 amide bonds. The van der Waals surface area contributed by atoms with Crippen LogP contribution in [0.5, 0.6) is 0 Å². The standard InChI is InChI=1S/C9H17.Li/c1-3-9-6-4-8(2)5-7-9;/h8-9H,2-7H2,1H3;/q-1;+1. The molecule has 0 N–H and O–H groups in total. The molecule has 54 valence electrons. The van der Waals surface area contributed by atoms with E-state index in [0.717, 1.165) is 11.8 Å². The van der Waals surface area contributed by atoms with Gasteiger partial charge in [-0.25, -0.2) is 0 Å². The zero-order valence-corrected chi connectivity index (χ0v) is 7.40. The largest absolute Gasteiger partial charge is 1.00 e. The van der Waals surface area contributed by atoms with E-state index in [1.165, 1.54) is 32.1 Å². The second-order valence-electron chi connectivity index (χ2n) is 3.29. The molecule has 0 spiro atoms. The molecule has 0 saturated heterocycles. The molecule has 0 aromatic carbocycles. The van der Waals surface area contributed by atoms with Crippen LogP contribution >= 0.6 is 0 Å². The van der Waals surface area contributed by atoms with Gasteiger partial charge in [0.1, 0.15) is 0 Å². The molecule has 1 saturated carbocycles. The van der Waals surface area contributed by atoms with Gasteiger partial charge in [-0.05, 0) is 5.92 Å². The SMILES string of the molecule is [CH2-]C1CCC(CC)CC1.[Li+]. The first-order chi connectivity index (χ1) is 4.33. The van der Waals surface area contributed by atoms with Crippen molar-refractivity contribution in [3.63, 3.8) is 0 Å². The Morgan fingerprint density at radius 1 is 1.20 bits per heavy atom. The second-order valence-corrected chi connectivity index (χ2v) is 3.29. The third kappa shape index (κ3) is 3.13. The van der Waals surface area contributed by atoms with Gasteiger partial charge in [0.05, 0.1) is 0 Å². The first-order valence-electron chi connectivity index (χ1n) is 4.16. The van der Waals surface area contributed by atoms with Crippen molar-refractivity contribution in [1.29, 1.82) is 0 Å². The summed E-state index contributed by atoms with van der Waals surface area (Å²) in [5.41, 5.74) is 0. The van der Waals surface area contributed by atoms with E-state index in [2.05, 4.69) is 13.8 Å². The van der Waals surface area contributed by atoms with Gasteiger partial charge in [-0.15, -0.1) is 0 Å². The smallest absolute Gasteiger partial charge is 0.340 e. The normalized spacial score (nSPS) is 33.0. The van der Waals surface area contributed by atoms with Crippen molar-refractivity contribution in [2.24, 2.45) is 11.8 Å². The van der Waals surface area contributed by atoms with Gasteiger partial charge < -0.3 is 6.92 Å². The first kappa shape index (κ1) is 10.6. The molecule has 0 heterocycles. The quantitative estimate of drug-likeness (QED) is 0.349. The zero-order valence-electron chi connectivity index (χ0n) is 7.40. The second kappa shape index (κ2) is 5.27. The molecular weight excluding hydrogens is 115 g/mol. The average Bonchev–Trinajstić information content (AvgIpc) is 1.90. The topological polar surface area (TPSA) is 0 Å². The molecule has 10 heavy (non-hydrogen) atoms. The first-order valence-corrected chi connectivity index (χ1v) is 4.16. The molecule has 1 fully saturated rings. The summed E-state index contributed by atoms with van der Waals surface area (Å²) in [6.07, 6.45) is 7.00. The molecule has 0 bridgehead atoms. The van der Waals surface area contributed by atoms with Gasteiger partial charge in [0.25, 0.3) is 0 Å². The van der Waals surface area contributed by atoms with Crippen LogP contribution in [0.25, 0.3) is 0 Å². The van der Waals surface area contributed by atoms with E-state index in [1.54, 1.807) is 0 Å². The zero-order chi connectivity index (χ0) is 6.69. The fourth-order valence-corrected chi connectivity index (χ4v) is 1.64. The van der Waals surface area contributed by atoms with Gasteiger partial charge in [0, 0.05) is 0 Å². The van der Waals surface area contributed by atoms with Crippen LogP contribution in [0.1, 0.15) is 39.0 Å². The summed E-state index contributed by atoms with van der Waals surface area (Å²) in [6.45, 7) is 6.37. The maximum atomic E-state index is 4.07. The third-order valence-corrected chi connectivity index (χ3v) is 2.54. The third-order valence-electron chi connectivity index (χ3n) is 2.54. The molecule has 1 aliphatic rings. The van der Waals surface area contributed by atoms with E-state index in [0.29, 0.717) is 0 Å². The minimum Gasteiger partial charge on any atom is -0.340 e. The summed E-state index contributed by atoms with van der Waals surface area (Å²) in [5, 5.41) is 0. The van der Waals surface area contributed by atoms with Crippen LogP contribution in [0, 0.1) is 18.8 Å². The molecule has 0 unspecified atom stereocenters. The van der Waals surface area contributed by atoms with Crippen LogP contribution < -0.4 is 18.9 Å². The Hall–Kier alpha value is 0.597. The number of hydrogen-bond acceptors (Lipinski definition) is 0. The van der Waals surface area contributed by atoms with E-state index in [9.17, 15) is 0 Å². The Balaban J connectivity index is 0.000000810. The van der Waals surface area contributed by atoms with Gasteiger partial charge in [0.2, 0.25) is 0 Å². The summed E-state index contributed by atoms with van der Waals surface area (Å²) in [4.78, 5) is 0. The minimum atomic E-state index is 0. The molecule has 0 atom stereocenters. The fourth-order valence-electron chi connectivity index (χ4n) is 1.64. The van der Waals surface area contributed by atoms with Gasteiger partial charge in [-0.2, -0.15) is 5.92 Å². The average molecular weight is 132 g/mol. The Morgan fingerprint density at radius 3 is 2.10 bits per heavy atom. The Bertz CT molecular complexity index is 72.8. The van der Waals surface area contributed by atoms with Gasteiger partial charge in [0.15, 0.2) is 0 Å². The van der Waals surface area contributed by atoms with Crippen molar-refractivity contribution in [2.75, 3.05) is 0 Å². The summed E-state index contributed by atoms with van der Waals surface area (Å²) < 4.78 is 0. The number of hydrogen-bond donors (Lipinski definition) is 0. The number of rotatable bonds is 1. The molecule has 1 rings (SSSR count). The Morgan fingerprint density at radius 2 is 1.70 bits per heavy atom. The van der Waals surface area contributed by atoms with Crippen molar-refractivity contribution < 1.29 is 18.9 Å². The maximum Gasteiger partial charge on any atom is 1.00 e. The summed E-state index contributed by atoms with van der Waals surface area (Å²) in [5.74, 6) is 1.80. The van der Waals surface area contributed by atoms with Crippen molar-refractivity contribution >= 4 is 0 Å². The van der Waals surface area contributed by atoms with Crippen LogP contribution in [0.15, 0.2) is 0 Å². The predicted octanol–water partition coefficient (Wildman–Crippen LogP) is 0.0409. The van der Waals surface area contributed by atoms with Gasteiger partial charge in [-0.1, -0.05) is 39.0 Å². The molecule has 0 radical (unpaired) electrons. The fraction of sp³-hybridized carbons (Fsp3) is 0.889. The van der Waals surface area contributed by atoms with E-state index in [1.807, 2.05) is 0 Å². The Labute approximate surface area is 77.0 Å².